The van der Waals surface area contributed by atoms with Crippen molar-refractivity contribution in [3.05, 3.63) is 217 Å². The first-order chi connectivity index (χ1) is 29.7. The van der Waals surface area contributed by atoms with Crippen molar-refractivity contribution in [2.75, 3.05) is 4.90 Å². The zero-order valence-electron chi connectivity index (χ0n) is 32.7. The number of hydrogen-bond donors (Lipinski definition) is 0. The number of aliphatic imine (C=N–C) groups is 2. The minimum Gasteiger partial charge on any atom is -0.320 e. The number of anilines is 3. The minimum atomic E-state index is 0.409. The fourth-order valence-electron chi connectivity index (χ4n) is 8.81. The third-order valence-electron chi connectivity index (χ3n) is 11.6. The SMILES string of the molecule is C=Nc1ccccc1/C(=N\Cn1c2cccc(-c3ccc4c(c3)Sc3ccccc3N4c3ccccc3)c2c2c3ccccc3ccc21)c1ccc(-c2ccccc2)cc1. The summed E-state index contributed by atoms with van der Waals surface area (Å²) < 4.78 is 2.38. The third kappa shape index (κ3) is 6.10. The van der Waals surface area contributed by atoms with Crippen LogP contribution in [0.1, 0.15) is 11.1 Å². The first-order valence-electron chi connectivity index (χ1n) is 20.2. The molecule has 0 unspecified atom stereocenters. The quantitative estimate of drug-likeness (QED) is 0.144. The Bertz CT molecular complexity index is 3280. The summed E-state index contributed by atoms with van der Waals surface area (Å²) >= 11 is 1.84. The van der Waals surface area contributed by atoms with Crippen LogP contribution in [-0.4, -0.2) is 17.0 Å². The lowest BCUT2D eigenvalue weighted by atomic mass is 9.96. The zero-order chi connectivity index (χ0) is 40.0. The molecule has 284 valence electrons. The molecule has 9 aromatic carbocycles. The summed E-state index contributed by atoms with van der Waals surface area (Å²) in [6, 6.07) is 73.6. The lowest BCUT2D eigenvalue weighted by molar-refractivity contribution is 0.793. The van der Waals surface area contributed by atoms with Crippen LogP contribution in [0.25, 0.3) is 54.8 Å². The van der Waals surface area contributed by atoms with Gasteiger partial charge in [0.15, 0.2) is 0 Å². The maximum Gasteiger partial charge on any atom is 0.115 e. The van der Waals surface area contributed by atoms with Gasteiger partial charge in [-0.15, -0.1) is 0 Å². The largest absolute Gasteiger partial charge is 0.320 e. The second-order valence-electron chi connectivity index (χ2n) is 15.0. The highest BCUT2D eigenvalue weighted by atomic mass is 32.2. The van der Waals surface area contributed by atoms with E-state index in [1.807, 2.05) is 36.0 Å². The van der Waals surface area contributed by atoms with Crippen molar-refractivity contribution in [3.8, 4) is 22.3 Å². The van der Waals surface area contributed by atoms with Crippen LogP contribution >= 0.6 is 11.8 Å². The first-order valence-corrected chi connectivity index (χ1v) is 21.0. The fraction of sp³-hybridized carbons (Fsp3) is 0.0182. The molecule has 4 nitrogen and oxygen atoms in total. The summed E-state index contributed by atoms with van der Waals surface area (Å²) in [7, 11) is 0. The smallest absolute Gasteiger partial charge is 0.115 e. The van der Waals surface area contributed by atoms with E-state index in [1.54, 1.807) is 0 Å². The Morgan fingerprint density at radius 3 is 2.05 bits per heavy atom. The van der Waals surface area contributed by atoms with Crippen molar-refractivity contribution in [2.24, 2.45) is 9.98 Å². The Kier molecular flexibility index (Phi) is 8.94. The molecule has 0 fully saturated rings. The minimum absolute atomic E-state index is 0.409. The fourth-order valence-corrected chi connectivity index (χ4v) is 9.91. The van der Waals surface area contributed by atoms with Crippen molar-refractivity contribution in [2.45, 2.75) is 16.5 Å². The van der Waals surface area contributed by atoms with Gasteiger partial charge in [-0.05, 0) is 94.3 Å². The van der Waals surface area contributed by atoms with Crippen LogP contribution in [-0.2, 0) is 6.67 Å². The van der Waals surface area contributed by atoms with Gasteiger partial charge in [-0.2, -0.15) is 0 Å². The number of fused-ring (bicyclic) bond motifs is 7. The van der Waals surface area contributed by atoms with Crippen LogP contribution in [0.4, 0.5) is 22.7 Å². The third-order valence-corrected chi connectivity index (χ3v) is 12.7. The Morgan fingerprint density at radius 1 is 0.517 bits per heavy atom. The molecule has 0 N–H and O–H groups in total. The molecule has 11 rings (SSSR count). The molecule has 1 aliphatic rings. The van der Waals surface area contributed by atoms with Gasteiger partial charge in [0.2, 0.25) is 0 Å². The molecule has 60 heavy (non-hydrogen) atoms. The van der Waals surface area contributed by atoms with Gasteiger partial charge in [0.05, 0.1) is 33.8 Å². The highest BCUT2D eigenvalue weighted by molar-refractivity contribution is 7.99. The lowest BCUT2D eigenvalue weighted by Gasteiger charge is -2.33. The Labute approximate surface area is 353 Å². The maximum absolute atomic E-state index is 5.50. The van der Waals surface area contributed by atoms with Crippen molar-refractivity contribution < 1.29 is 0 Å². The topological polar surface area (TPSA) is 32.9 Å². The van der Waals surface area contributed by atoms with E-state index in [9.17, 15) is 0 Å². The molecular formula is C55H38N4S. The van der Waals surface area contributed by atoms with E-state index in [0.717, 1.165) is 44.8 Å². The maximum atomic E-state index is 5.50. The second kappa shape index (κ2) is 15.0. The van der Waals surface area contributed by atoms with Crippen molar-refractivity contribution in [1.82, 2.24) is 4.57 Å². The molecule has 0 bridgehead atoms. The standard InChI is InChI=1S/C55H38N4S/c1-56-46-23-11-10-21-45(46)55(40-29-27-38(28-30-40)37-15-4-2-5-16-37)57-36-58-49-25-14-22-44(54(49)53-43-20-9-8-17-39(43)31-34-50(53)58)41-32-33-48-52(35-41)60-51-26-13-12-24-47(51)59(48)42-18-6-3-7-19-42/h2-35H,1,36H2/b57-55-. The van der Waals surface area contributed by atoms with Crippen LogP contribution in [0.5, 0.6) is 0 Å². The van der Waals surface area contributed by atoms with E-state index >= 15 is 0 Å². The Hall–Kier alpha value is -7.47. The van der Waals surface area contributed by atoms with E-state index in [2.05, 4.69) is 203 Å². The molecule has 0 atom stereocenters. The highest BCUT2D eigenvalue weighted by Crippen LogP contribution is 2.52. The predicted octanol–water partition coefficient (Wildman–Crippen LogP) is 15.0. The number of benzene rings is 9. The van der Waals surface area contributed by atoms with Gasteiger partial charge in [0.25, 0.3) is 0 Å². The van der Waals surface area contributed by atoms with Gasteiger partial charge in [0, 0.05) is 37.4 Å². The first kappa shape index (κ1) is 35.7. The molecule has 0 saturated heterocycles. The molecule has 0 saturated carbocycles. The average molecular weight is 787 g/mol. The molecule has 1 aliphatic heterocycles. The molecule has 0 aliphatic carbocycles. The zero-order valence-corrected chi connectivity index (χ0v) is 33.6. The molecule has 0 spiro atoms. The number of nitrogens with zero attached hydrogens (tertiary/aromatic N) is 4. The van der Waals surface area contributed by atoms with Gasteiger partial charge in [-0.3, -0.25) is 9.98 Å². The van der Waals surface area contributed by atoms with Gasteiger partial charge < -0.3 is 9.47 Å². The molecule has 0 amide bonds. The van der Waals surface area contributed by atoms with Crippen molar-refractivity contribution >= 4 is 79.5 Å². The van der Waals surface area contributed by atoms with E-state index in [0.29, 0.717) is 6.67 Å². The Morgan fingerprint density at radius 2 is 1.20 bits per heavy atom. The molecule has 10 aromatic rings. The summed E-state index contributed by atoms with van der Waals surface area (Å²) in [5.41, 5.74) is 14.2. The number of para-hydroxylation sites is 3. The summed E-state index contributed by atoms with van der Waals surface area (Å²) in [5, 5.41) is 4.90. The van der Waals surface area contributed by atoms with Gasteiger partial charge in [0.1, 0.15) is 6.67 Å². The monoisotopic (exact) mass is 786 g/mol. The second-order valence-corrected chi connectivity index (χ2v) is 16.1. The molecule has 2 heterocycles. The number of hydrogen-bond acceptors (Lipinski definition) is 4. The summed E-state index contributed by atoms with van der Waals surface area (Å²) in [4.78, 5) is 14.8. The normalized spacial score (nSPS) is 12.5. The summed E-state index contributed by atoms with van der Waals surface area (Å²) in [5.74, 6) is 0. The lowest BCUT2D eigenvalue weighted by Crippen LogP contribution is -2.14. The van der Waals surface area contributed by atoms with Crippen LogP contribution in [0, 0.1) is 0 Å². The predicted molar refractivity (Wildman–Crippen MR) is 254 cm³/mol. The van der Waals surface area contributed by atoms with Gasteiger partial charge >= 0.3 is 0 Å². The highest BCUT2D eigenvalue weighted by Gasteiger charge is 2.26. The Balaban J connectivity index is 1.09. The van der Waals surface area contributed by atoms with Crippen molar-refractivity contribution in [1.29, 1.82) is 0 Å². The van der Waals surface area contributed by atoms with E-state index < -0.39 is 0 Å². The van der Waals surface area contributed by atoms with E-state index in [-0.39, 0.29) is 0 Å². The summed E-state index contributed by atoms with van der Waals surface area (Å²) in [6.45, 7) is 4.33. The van der Waals surface area contributed by atoms with Crippen LogP contribution in [0.15, 0.2) is 226 Å². The summed E-state index contributed by atoms with van der Waals surface area (Å²) in [6.07, 6.45) is 0. The average Bonchev–Trinajstić information content (AvgIpc) is 3.65. The number of aromatic nitrogens is 1. The van der Waals surface area contributed by atoms with Gasteiger partial charge in [-0.25, -0.2) is 0 Å². The molecular weight excluding hydrogens is 749 g/mol. The number of rotatable bonds is 8. The molecule has 1 aromatic heterocycles. The van der Waals surface area contributed by atoms with Crippen molar-refractivity contribution in [3.63, 3.8) is 0 Å². The van der Waals surface area contributed by atoms with E-state index in [4.69, 9.17) is 4.99 Å². The molecule has 0 radical (unpaired) electrons. The van der Waals surface area contributed by atoms with Crippen LogP contribution in [0.3, 0.4) is 0 Å². The van der Waals surface area contributed by atoms with Crippen LogP contribution in [0.2, 0.25) is 0 Å². The van der Waals surface area contributed by atoms with Crippen LogP contribution < -0.4 is 4.90 Å². The molecule has 5 heteroatoms. The van der Waals surface area contributed by atoms with E-state index in [1.165, 1.54) is 59.4 Å². The van der Waals surface area contributed by atoms with Gasteiger partial charge in [-0.1, -0.05) is 163 Å².